The zero-order valence-corrected chi connectivity index (χ0v) is 13.5. The first-order chi connectivity index (χ1) is 9.72. The molecule has 0 aliphatic heterocycles. The molecule has 0 bridgehead atoms. The predicted molar refractivity (Wildman–Crippen MR) is 81.8 cm³/mol. The first kappa shape index (κ1) is 16.2. The minimum atomic E-state index is -3.75. The van der Waals surface area contributed by atoms with Gasteiger partial charge in [0.25, 0.3) is 0 Å². The average molecular weight is 314 g/mol. The number of nitrogens with one attached hydrogen (secondary N) is 1. The van der Waals surface area contributed by atoms with E-state index in [4.69, 9.17) is 5.73 Å². The van der Waals surface area contributed by atoms with E-state index in [1.54, 1.807) is 0 Å². The lowest BCUT2D eigenvalue weighted by atomic mass is 9.78. The van der Waals surface area contributed by atoms with E-state index in [-0.39, 0.29) is 28.1 Å². The van der Waals surface area contributed by atoms with E-state index >= 15 is 0 Å². The maximum Gasteiger partial charge on any atom is 0.241 e. The molecule has 0 aromatic heterocycles. The van der Waals surface area contributed by atoms with E-state index in [9.17, 15) is 12.8 Å². The molecule has 1 saturated carbocycles. The molecule has 1 aromatic carbocycles. The largest absolute Gasteiger partial charge is 0.398 e. The molecular weight excluding hydrogens is 291 g/mol. The molecular formula is C15H23FN2O2S. The summed E-state index contributed by atoms with van der Waals surface area (Å²) < 4.78 is 41.3. The van der Waals surface area contributed by atoms with E-state index in [1.807, 2.05) is 0 Å². The van der Waals surface area contributed by atoms with Gasteiger partial charge in [-0.05, 0) is 37.3 Å². The van der Waals surface area contributed by atoms with E-state index in [0.29, 0.717) is 5.92 Å². The number of hydrogen-bond acceptors (Lipinski definition) is 3. The van der Waals surface area contributed by atoms with Gasteiger partial charge in [-0.3, -0.25) is 0 Å². The number of nitrogens with two attached hydrogens (primary N) is 1. The van der Waals surface area contributed by atoms with Gasteiger partial charge in [-0.25, -0.2) is 17.5 Å². The zero-order chi connectivity index (χ0) is 15.8. The fraction of sp³-hybridized carbons (Fsp3) is 0.600. The topological polar surface area (TPSA) is 72.2 Å². The second-order valence-electron chi connectivity index (χ2n) is 6.11. The SMILES string of the molecule is Cc1c(N)cc(S(=O)(=O)NC2CCCC(C)C2C)cc1F. The van der Waals surface area contributed by atoms with Crippen LogP contribution in [0.2, 0.25) is 0 Å². The minimum absolute atomic E-state index is 0.103. The molecule has 1 aliphatic rings. The summed E-state index contributed by atoms with van der Waals surface area (Å²) in [7, 11) is -3.75. The predicted octanol–water partition coefficient (Wildman–Crippen LogP) is 2.82. The first-order valence-electron chi connectivity index (χ1n) is 7.30. The van der Waals surface area contributed by atoms with Crippen molar-refractivity contribution in [3.8, 4) is 0 Å². The molecule has 2 rings (SSSR count). The maximum atomic E-state index is 13.7. The summed E-state index contributed by atoms with van der Waals surface area (Å²) in [6, 6.07) is 2.24. The molecule has 3 N–H and O–H groups in total. The lowest BCUT2D eigenvalue weighted by Crippen LogP contribution is -2.43. The van der Waals surface area contributed by atoms with Crippen molar-refractivity contribution in [2.75, 3.05) is 5.73 Å². The fourth-order valence-electron chi connectivity index (χ4n) is 2.85. The highest BCUT2D eigenvalue weighted by Crippen LogP contribution is 2.31. The smallest absolute Gasteiger partial charge is 0.241 e. The van der Waals surface area contributed by atoms with Gasteiger partial charge in [0.2, 0.25) is 10.0 Å². The van der Waals surface area contributed by atoms with Gasteiger partial charge in [-0.15, -0.1) is 0 Å². The van der Waals surface area contributed by atoms with E-state index in [0.717, 1.165) is 25.3 Å². The third kappa shape index (κ3) is 3.37. The Morgan fingerprint density at radius 1 is 1.29 bits per heavy atom. The summed E-state index contributed by atoms with van der Waals surface area (Å²) in [6.07, 6.45) is 2.93. The lowest BCUT2D eigenvalue weighted by Gasteiger charge is -2.34. The monoisotopic (exact) mass is 314 g/mol. The van der Waals surface area contributed by atoms with Gasteiger partial charge in [0.1, 0.15) is 5.82 Å². The van der Waals surface area contributed by atoms with Crippen LogP contribution in [-0.4, -0.2) is 14.5 Å². The molecule has 6 heteroatoms. The Morgan fingerprint density at radius 3 is 2.57 bits per heavy atom. The molecule has 0 amide bonds. The van der Waals surface area contributed by atoms with Crippen molar-refractivity contribution in [3.63, 3.8) is 0 Å². The second kappa shape index (κ2) is 5.93. The third-order valence-electron chi connectivity index (χ3n) is 4.68. The van der Waals surface area contributed by atoms with Crippen LogP contribution in [-0.2, 0) is 10.0 Å². The van der Waals surface area contributed by atoms with Gasteiger partial charge in [0, 0.05) is 17.3 Å². The van der Waals surface area contributed by atoms with Crippen LogP contribution < -0.4 is 10.5 Å². The van der Waals surface area contributed by atoms with Crippen molar-refractivity contribution in [2.45, 2.75) is 51.0 Å². The standard InChI is InChI=1S/C15H23FN2O2S/c1-9-5-4-6-15(10(9)2)18-21(19,20)12-7-13(16)11(3)14(17)8-12/h7-10,15,18H,4-6,17H2,1-3H3. The number of nitrogen functional groups attached to an aromatic ring is 1. The van der Waals surface area contributed by atoms with Gasteiger partial charge < -0.3 is 5.73 Å². The van der Waals surface area contributed by atoms with Crippen LogP contribution in [0.3, 0.4) is 0 Å². The van der Waals surface area contributed by atoms with E-state index < -0.39 is 15.8 Å². The first-order valence-corrected chi connectivity index (χ1v) is 8.78. The Labute approximate surface area is 126 Å². The Bertz CT molecular complexity index is 608. The van der Waals surface area contributed by atoms with Crippen LogP contribution in [0.15, 0.2) is 17.0 Å². The van der Waals surface area contributed by atoms with Crippen LogP contribution in [0, 0.1) is 24.6 Å². The van der Waals surface area contributed by atoms with Gasteiger partial charge in [-0.1, -0.05) is 26.7 Å². The van der Waals surface area contributed by atoms with Crippen LogP contribution in [0.5, 0.6) is 0 Å². The number of rotatable bonds is 3. The van der Waals surface area contributed by atoms with Crippen molar-refractivity contribution in [1.82, 2.24) is 4.72 Å². The highest BCUT2D eigenvalue weighted by atomic mass is 32.2. The molecule has 0 heterocycles. The van der Waals surface area contributed by atoms with E-state index in [1.165, 1.54) is 13.0 Å². The van der Waals surface area contributed by atoms with Crippen molar-refractivity contribution in [1.29, 1.82) is 0 Å². The summed E-state index contributed by atoms with van der Waals surface area (Å²) in [6.45, 7) is 5.72. The van der Waals surface area contributed by atoms with Crippen molar-refractivity contribution < 1.29 is 12.8 Å². The van der Waals surface area contributed by atoms with Crippen molar-refractivity contribution >= 4 is 15.7 Å². The van der Waals surface area contributed by atoms with Crippen LogP contribution >= 0.6 is 0 Å². The highest BCUT2D eigenvalue weighted by molar-refractivity contribution is 7.89. The molecule has 3 atom stereocenters. The van der Waals surface area contributed by atoms with Gasteiger partial charge in [-0.2, -0.15) is 0 Å². The Morgan fingerprint density at radius 2 is 1.95 bits per heavy atom. The molecule has 21 heavy (non-hydrogen) atoms. The molecule has 0 radical (unpaired) electrons. The Balaban J connectivity index is 2.26. The number of hydrogen-bond donors (Lipinski definition) is 2. The quantitative estimate of drug-likeness (QED) is 0.843. The maximum absolute atomic E-state index is 13.7. The van der Waals surface area contributed by atoms with E-state index in [2.05, 4.69) is 18.6 Å². The number of anilines is 1. The van der Waals surface area contributed by atoms with Crippen molar-refractivity contribution in [3.05, 3.63) is 23.5 Å². The minimum Gasteiger partial charge on any atom is -0.398 e. The van der Waals surface area contributed by atoms with Gasteiger partial charge in [0.15, 0.2) is 0 Å². The Kier molecular flexibility index (Phi) is 4.58. The zero-order valence-electron chi connectivity index (χ0n) is 12.7. The Hall–Kier alpha value is -1.14. The third-order valence-corrected chi connectivity index (χ3v) is 6.15. The molecule has 118 valence electrons. The summed E-state index contributed by atoms with van der Waals surface area (Å²) in [5.41, 5.74) is 6.09. The lowest BCUT2D eigenvalue weighted by molar-refractivity contribution is 0.227. The summed E-state index contributed by atoms with van der Waals surface area (Å²) in [5, 5.41) is 0. The molecule has 3 unspecified atom stereocenters. The van der Waals surface area contributed by atoms with Crippen LogP contribution in [0.4, 0.5) is 10.1 Å². The summed E-state index contributed by atoms with van der Waals surface area (Å²) >= 11 is 0. The van der Waals surface area contributed by atoms with Gasteiger partial charge in [0.05, 0.1) is 4.90 Å². The second-order valence-corrected chi connectivity index (χ2v) is 7.83. The van der Waals surface area contributed by atoms with Crippen LogP contribution in [0.1, 0.15) is 38.7 Å². The summed E-state index contributed by atoms with van der Waals surface area (Å²) in [5.74, 6) is 0.146. The number of halogens is 1. The summed E-state index contributed by atoms with van der Waals surface area (Å²) in [4.78, 5) is -0.103. The van der Waals surface area contributed by atoms with Crippen molar-refractivity contribution in [2.24, 2.45) is 11.8 Å². The highest BCUT2D eigenvalue weighted by Gasteiger charge is 2.31. The molecule has 4 nitrogen and oxygen atoms in total. The number of benzene rings is 1. The molecule has 1 fully saturated rings. The normalized spacial score (nSPS) is 26.8. The molecule has 1 aromatic rings. The van der Waals surface area contributed by atoms with Crippen LogP contribution in [0.25, 0.3) is 0 Å². The molecule has 0 saturated heterocycles. The number of sulfonamides is 1. The average Bonchev–Trinajstić information content (AvgIpc) is 2.40. The molecule has 1 aliphatic carbocycles. The fourth-order valence-corrected chi connectivity index (χ4v) is 4.25. The molecule has 0 spiro atoms. The van der Waals surface area contributed by atoms with Gasteiger partial charge >= 0.3 is 0 Å².